The van der Waals surface area contributed by atoms with Crippen LogP contribution >= 0.6 is 11.3 Å². The van der Waals surface area contributed by atoms with Crippen LogP contribution in [0.1, 0.15) is 49.6 Å². The Hall–Kier alpha value is -2.48. The van der Waals surface area contributed by atoms with Gasteiger partial charge in [0, 0.05) is 35.0 Å². The number of aliphatic carboxylic acids is 2. The minimum Gasteiger partial charge on any atom is -0.478 e. The maximum absolute atomic E-state index is 11.6. The van der Waals surface area contributed by atoms with Crippen LogP contribution in [0, 0.1) is 0 Å². The Kier molecular flexibility index (Phi) is 7.95. The molecule has 0 aliphatic heterocycles. The molecule has 0 fully saturated rings. The van der Waals surface area contributed by atoms with E-state index in [-0.39, 0.29) is 5.54 Å². The maximum atomic E-state index is 11.6. The van der Waals surface area contributed by atoms with Gasteiger partial charge in [0.15, 0.2) is 0 Å². The van der Waals surface area contributed by atoms with Crippen molar-refractivity contribution in [3.63, 3.8) is 0 Å². The highest BCUT2D eigenvalue weighted by atomic mass is 32.1. The van der Waals surface area contributed by atoms with E-state index in [1.165, 1.54) is 5.56 Å². The molecule has 1 aliphatic rings. The third-order valence-corrected chi connectivity index (χ3v) is 5.72. The molecular weight excluding hydrogens is 402 g/mol. The molecule has 1 aliphatic carbocycles. The van der Waals surface area contributed by atoms with Crippen molar-refractivity contribution in [1.29, 1.82) is 0 Å². The SMILES string of the molecule is CC(C)(C)N[C@@H]1CCc2ccccc2[C@@](O)(c2cccs2)C1.O=C(O)/C=C/C(=O)O. The van der Waals surface area contributed by atoms with Crippen molar-refractivity contribution in [3.05, 3.63) is 69.9 Å². The van der Waals surface area contributed by atoms with Crippen molar-refractivity contribution < 1.29 is 24.9 Å². The Morgan fingerprint density at radius 2 is 1.73 bits per heavy atom. The van der Waals surface area contributed by atoms with Crippen LogP contribution in [0.15, 0.2) is 53.9 Å². The largest absolute Gasteiger partial charge is 0.478 e. The van der Waals surface area contributed by atoms with E-state index in [1.807, 2.05) is 17.5 Å². The summed E-state index contributed by atoms with van der Waals surface area (Å²) < 4.78 is 0. The summed E-state index contributed by atoms with van der Waals surface area (Å²) in [5, 5.41) is 33.0. The Morgan fingerprint density at radius 3 is 2.27 bits per heavy atom. The average molecular weight is 432 g/mol. The van der Waals surface area contributed by atoms with Crippen molar-refractivity contribution >= 4 is 23.3 Å². The number of fused-ring (bicyclic) bond motifs is 1. The fourth-order valence-corrected chi connectivity index (χ4v) is 4.51. The number of carboxylic acids is 2. The number of carboxylic acid groups (broad SMARTS) is 2. The molecule has 0 unspecified atom stereocenters. The van der Waals surface area contributed by atoms with E-state index >= 15 is 0 Å². The number of benzene rings is 1. The van der Waals surface area contributed by atoms with Crippen molar-refractivity contribution in [2.24, 2.45) is 0 Å². The van der Waals surface area contributed by atoms with Crippen molar-refractivity contribution in [2.45, 2.75) is 57.2 Å². The van der Waals surface area contributed by atoms with Crippen LogP contribution in [0.2, 0.25) is 0 Å². The zero-order valence-corrected chi connectivity index (χ0v) is 18.3. The highest BCUT2D eigenvalue weighted by Crippen LogP contribution is 2.41. The summed E-state index contributed by atoms with van der Waals surface area (Å²) in [7, 11) is 0. The number of carbonyl (C=O) groups is 2. The standard InChI is InChI=1S/C19H25NOS.C4H4O4/c1-18(2,3)20-15-11-10-14-7-4-5-8-16(14)19(21,13-15)17-9-6-12-22-17;5-3(6)1-2-4(7)8/h4-9,12,15,20-21H,10-11,13H2,1-3H3;1-2H,(H,5,6)(H,7,8)/b;2-1+/t15-,19-;/m1./s1. The number of aliphatic hydroxyl groups is 1. The van der Waals surface area contributed by atoms with Gasteiger partial charge in [-0.1, -0.05) is 30.3 Å². The molecule has 1 aromatic heterocycles. The molecule has 2 aromatic rings. The first-order valence-corrected chi connectivity index (χ1v) is 10.7. The summed E-state index contributed by atoms with van der Waals surface area (Å²) in [6.45, 7) is 6.57. The molecule has 3 rings (SSSR count). The molecule has 6 nitrogen and oxygen atoms in total. The van der Waals surface area contributed by atoms with E-state index < -0.39 is 17.5 Å². The summed E-state index contributed by atoms with van der Waals surface area (Å²) in [6, 6.07) is 12.8. The summed E-state index contributed by atoms with van der Waals surface area (Å²) in [5.41, 5.74) is 1.52. The number of aryl methyl sites for hydroxylation is 1. The smallest absolute Gasteiger partial charge is 0.328 e. The Bertz CT molecular complexity index is 869. The number of thiophene rings is 1. The molecule has 162 valence electrons. The van der Waals surface area contributed by atoms with Gasteiger partial charge in [-0.15, -0.1) is 11.3 Å². The van der Waals surface area contributed by atoms with E-state index in [4.69, 9.17) is 10.2 Å². The Labute approximate surface area is 180 Å². The summed E-state index contributed by atoms with van der Waals surface area (Å²) in [6.07, 6.45) is 3.91. The van der Waals surface area contributed by atoms with Gasteiger partial charge in [0.1, 0.15) is 5.60 Å². The second-order valence-electron chi connectivity index (χ2n) is 8.34. The van der Waals surface area contributed by atoms with E-state index in [0.29, 0.717) is 18.2 Å². The molecule has 30 heavy (non-hydrogen) atoms. The number of rotatable bonds is 4. The first kappa shape index (κ1) is 23.8. The van der Waals surface area contributed by atoms with Gasteiger partial charge in [0.2, 0.25) is 0 Å². The van der Waals surface area contributed by atoms with Crippen LogP contribution < -0.4 is 5.32 Å². The Morgan fingerprint density at radius 1 is 1.10 bits per heavy atom. The average Bonchev–Trinajstić information content (AvgIpc) is 3.15. The molecule has 0 amide bonds. The third kappa shape index (κ3) is 6.79. The number of hydrogen-bond donors (Lipinski definition) is 4. The summed E-state index contributed by atoms with van der Waals surface area (Å²) in [4.78, 5) is 20.2. The van der Waals surface area contributed by atoms with Crippen LogP contribution in [0.5, 0.6) is 0 Å². The normalized spacial score (nSPS) is 21.3. The van der Waals surface area contributed by atoms with E-state index in [2.05, 4.69) is 50.4 Å². The van der Waals surface area contributed by atoms with Crippen LogP contribution in [-0.4, -0.2) is 38.8 Å². The minimum atomic E-state index is -1.26. The summed E-state index contributed by atoms with van der Waals surface area (Å²) in [5.74, 6) is -2.51. The molecule has 0 saturated carbocycles. The second kappa shape index (κ2) is 10.0. The molecule has 1 heterocycles. The third-order valence-electron chi connectivity index (χ3n) is 4.70. The van der Waals surface area contributed by atoms with E-state index in [9.17, 15) is 14.7 Å². The van der Waals surface area contributed by atoms with Gasteiger partial charge in [-0.05, 0) is 56.2 Å². The zero-order chi connectivity index (χ0) is 22.4. The van der Waals surface area contributed by atoms with Crippen LogP contribution in [-0.2, 0) is 21.6 Å². The molecule has 2 atom stereocenters. The van der Waals surface area contributed by atoms with Gasteiger partial charge in [0.25, 0.3) is 0 Å². The summed E-state index contributed by atoms with van der Waals surface area (Å²) >= 11 is 1.64. The first-order chi connectivity index (χ1) is 14.0. The zero-order valence-electron chi connectivity index (χ0n) is 17.5. The van der Waals surface area contributed by atoms with Crippen molar-refractivity contribution in [1.82, 2.24) is 5.32 Å². The maximum Gasteiger partial charge on any atom is 0.328 e. The number of hydrogen-bond acceptors (Lipinski definition) is 5. The predicted molar refractivity (Wildman–Crippen MR) is 118 cm³/mol. The topological polar surface area (TPSA) is 107 Å². The lowest BCUT2D eigenvalue weighted by atomic mass is 9.85. The Balaban J connectivity index is 0.000000343. The van der Waals surface area contributed by atoms with Crippen molar-refractivity contribution in [2.75, 3.05) is 0 Å². The van der Waals surface area contributed by atoms with Gasteiger partial charge in [-0.3, -0.25) is 0 Å². The van der Waals surface area contributed by atoms with Gasteiger partial charge in [-0.25, -0.2) is 9.59 Å². The molecule has 0 bridgehead atoms. The van der Waals surface area contributed by atoms with Crippen LogP contribution in [0.25, 0.3) is 0 Å². The second-order valence-corrected chi connectivity index (χ2v) is 9.29. The van der Waals surface area contributed by atoms with Crippen LogP contribution in [0.3, 0.4) is 0 Å². The van der Waals surface area contributed by atoms with Crippen LogP contribution in [0.4, 0.5) is 0 Å². The lowest BCUT2D eigenvalue weighted by molar-refractivity contribution is -0.134. The van der Waals surface area contributed by atoms with E-state index in [0.717, 1.165) is 29.7 Å². The molecule has 0 spiro atoms. The van der Waals surface area contributed by atoms with E-state index in [1.54, 1.807) is 11.3 Å². The molecule has 1 aromatic carbocycles. The monoisotopic (exact) mass is 431 g/mol. The van der Waals surface area contributed by atoms with Gasteiger partial charge < -0.3 is 20.6 Å². The lowest BCUT2D eigenvalue weighted by Crippen LogP contribution is -2.46. The molecular formula is C23H29NO5S. The quantitative estimate of drug-likeness (QED) is 0.433. The fourth-order valence-electron chi connectivity index (χ4n) is 3.67. The van der Waals surface area contributed by atoms with Gasteiger partial charge in [-0.2, -0.15) is 0 Å². The lowest BCUT2D eigenvalue weighted by Gasteiger charge is -2.34. The highest BCUT2D eigenvalue weighted by molar-refractivity contribution is 7.10. The predicted octanol–water partition coefficient (Wildman–Crippen LogP) is 3.79. The van der Waals surface area contributed by atoms with Gasteiger partial charge in [0.05, 0.1) is 0 Å². The highest BCUT2D eigenvalue weighted by Gasteiger charge is 2.39. The number of nitrogens with one attached hydrogen (secondary N) is 1. The fraction of sp³-hybridized carbons (Fsp3) is 0.391. The molecule has 7 heteroatoms. The first-order valence-electron chi connectivity index (χ1n) is 9.77. The minimum absolute atomic E-state index is 0.0531. The molecule has 0 saturated heterocycles. The molecule has 0 radical (unpaired) electrons. The molecule has 4 N–H and O–H groups in total. The van der Waals surface area contributed by atoms with Crippen molar-refractivity contribution in [3.8, 4) is 0 Å². The van der Waals surface area contributed by atoms with Gasteiger partial charge >= 0.3 is 11.9 Å².